The lowest BCUT2D eigenvalue weighted by molar-refractivity contribution is -0.384. The van der Waals surface area contributed by atoms with Crippen molar-refractivity contribution >= 4 is 41.4 Å². The Bertz CT molecular complexity index is 1050. The summed E-state index contributed by atoms with van der Waals surface area (Å²) in [5.74, 6) is -0.167. The third-order valence-electron chi connectivity index (χ3n) is 5.67. The Morgan fingerprint density at radius 1 is 0.969 bits per heavy atom. The van der Waals surface area contributed by atoms with Gasteiger partial charge in [-0.3, -0.25) is 29.4 Å². The molecule has 2 amide bonds. The Hall–Kier alpha value is -3.30. The maximum atomic E-state index is 12.7. The monoisotopic (exact) mass is 458 g/mol. The number of fused-ring (bicyclic) bond motifs is 1. The van der Waals surface area contributed by atoms with Crippen LogP contribution < -0.4 is 5.32 Å². The number of ketones is 1. The molecule has 0 aliphatic carbocycles. The molecule has 0 radical (unpaired) electrons. The van der Waals surface area contributed by atoms with Crippen LogP contribution in [-0.4, -0.2) is 65.0 Å². The van der Waals surface area contributed by atoms with Gasteiger partial charge in [0.25, 0.3) is 11.6 Å². The SMILES string of the molecule is Cl.O=C1CCc2cc(C(=O)CN3CCN(C(=O)c4ccc([N+](=O)[O-])cc4)CC3)ccc2N1. The normalized spacial score (nSPS) is 15.9. The molecule has 9 nitrogen and oxygen atoms in total. The predicted octanol–water partition coefficient (Wildman–Crippen LogP) is 2.54. The van der Waals surface area contributed by atoms with Gasteiger partial charge in [0, 0.05) is 61.5 Å². The summed E-state index contributed by atoms with van der Waals surface area (Å²) in [6.07, 6.45) is 1.06. The Morgan fingerprint density at radius 3 is 2.28 bits per heavy atom. The number of amides is 2. The van der Waals surface area contributed by atoms with E-state index in [0.717, 1.165) is 11.3 Å². The molecule has 4 rings (SSSR count). The molecule has 1 saturated heterocycles. The summed E-state index contributed by atoms with van der Waals surface area (Å²) in [4.78, 5) is 50.8. The van der Waals surface area contributed by atoms with E-state index in [1.807, 2.05) is 11.0 Å². The lowest BCUT2D eigenvalue weighted by atomic mass is 9.98. The van der Waals surface area contributed by atoms with E-state index in [4.69, 9.17) is 0 Å². The van der Waals surface area contributed by atoms with E-state index < -0.39 is 4.92 Å². The molecule has 10 heteroatoms. The number of hydrogen-bond donors (Lipinski definition) is 1. The third kappa shape index (κ3) is 5.12. The standard InChI is InChI=1S/C22H22N4O5.ClH/c27-20(17-3-7-19-16(13-17)4-8-21(28)23-19)14-24-9-11-25(12-10-24)22(29)15-1-5-18(6-2-15)26(30)31;/h1-3,5-7,13H,4,8-12,14H2,(H,23,28);1H. The van der Waals surface area contributed by atoms with Crippen LogP contribution in [0, 0.1) is 10.1 Å². The van der Waals surface area contributed by atoms with Gasteiger partial charge in [-0.2, -0.15) is 0 Å². The van der Waals surface area contributed by atoms with Crippen molar-refractivity contribution in [1.82, 2.24) is 9.80 Å². The largest absolute Gasteiger partial charge is 0.336 e. The van der Waals surface area contributed by atoms with Crippen molar-refractivity contribution in [1.29, 1.82) is 0 Å². The summed E-state index contributed by atoms with van der Waals surface area (Å²) in [5, 5.41) is 13.6. The van der Waals surface area contributed by atoms with Crippen LogP contribution in [0.4, 0.5) is 11.4 Å². The van der Waals surface area contributed by atoms with Crippen molar-refractivity contribution < 1.29 is 19.3 Å². The Morgan fingerprint density at radius 2 is 1.62 bits per heavy atom. The van der Waals surface area contributed by atoms with Crippen LogP contribution in [0.15, 0.2) is 42.5 Å². The van der Waals surface area contributed by atoms with Gasteiger partial charge in [0.15, 0.2) is 5.78 Å². The zero-order chi connectivity index (χ0) is 22.0. The number of nitro benzene ring substituents is 1. The Balaban J connectivity index is 0.00000289. The van der Waals surface area contributed by atoms with Crippen LogP contribution in [-0.2, 0) is 11.2 Å². The molecule has 0 atom stereocenters. The molecule has 0 saturated carbocycles. The number of nitro groups is 1. The second-order valence-electron chi connectivity index (χ2n) is 7.72. The second kappa shape index (κ2) is 9.88. The first-order valence-electron chi connectivity index (χ1n) is 10.1. The van der Waals surface area contributed by atoms with Crippen molar-refractivity contribution in [2.45, 2.75) is 12.8 Å². The average molecular weight is 459 g/mol. The van der Waals surface area contributed by atoms with Gasteiger partial charge in [-0.25, -0.2) is 0 Å². The van der Waals surface area contributed by atoms with E-state index in [9.17, 15) is 24.5 Å². The van der Waals surface area contributed by atoms with Crippen molar-refractivity contribution in [3.63, 3.8) is 0 Å². The van der Waals surface area contributed by atoms with Crippen LogP contribution in [0.25, 0.3) is 0 Å². The van der Waals surface area contributed by atoms with Crippen LogP contribution >= 0.6 is 12.4 Å². The van der Waals surface area contributed by atoms with Crippen molar-refractivity contribution in [3.8, 4) is 0 Å². The van der Waals surface area contributed by atoms with E-state index in [1.165, 1.54) is 24.3 Å². The van der Waals surface area contributed by atoms with Crippen LogP contribution in [0.1, 0.15) is 32.7 Å². The Labute approximate surface area is 190 Å². The molecule has 2 aromatic carbocycles. The lowest BCUT2D eigenvalue weighted by Gasteiger charge is -2.34. The smallest absolute Gasteiger partial charge is 0.269 e. The number of carbonyl (C=O) groups is 3. The number of hydrogen-bond acceptors (Lipinski definition) is 6. The highest BCUT2D eigenvalue weighted by Crippen LogP contribution is 2.24. The molecule has 1 fully saturated rings. The van der Waals surface area contributed by atoms with Gasteiger partial charge >= 0.3 is 0 Å². The first-order chi connectivity index (χ1) is 14.9. The number of rotatable bonds is 5. The summed E-state index contributed by atoms with van der Waals surface area (Å²) in [6, 6.07) is 11.0. The predicted molar refractivity (Wildman–Crippen MR) is 120 cm³/mol. The molecule has 0 unspecified atom stereocenters. The number of aryl methyl sites for hydroxylation is 1. The van der Waals surface area contributed by atoms with Gasteiger partial charge in [0.2, 0.25) is 5.91 Å². The minimum absolute atomic E-state index is 0. The number of benzene rings is 2. The maximum Gasteiger partial charge on any atom is 0.269 e. The van der Waals surface area contributed by atoms with E-state index in [0.29, 0.717) is 50.1 Å². The van der Waals surface area contributed by atoms with Crippen LogP contribution in [0.2, 0.25) is 0 Å². The number of carbonyl (C=O) groups excluding carboxylic acids is 3. The second-order valence-corrected chi connectivity index (χ2v) is 7.72. The van der Waals surface area contributed by atoms with E-state index in [1.54, 1.807) is 17.0 Å². The summed E-state index contributed by atoms with van der Waals surface area (Å²) in [5.41, 5.74) is 2.73. The number of piperazine rings is 1. The molecule has 32 heavy (non-hydrogen) atoms. The summed E-state index contributed by atoms with van der Waals surface area (Å²) in [6.45, 7) is 2.39. The van der Waals surface area contributed by atoms with Crippen molar-refractivity contribution in [3.05, 3.63) is 69.3 Å². The lowest BCUT2D eigenvalue weighted by Crippen LogP contribution is -2.49. The van der Waals surface area contributed by atoms with Crippen molar-refractivity contribution in [2.75, 3.05) is 38.0 Å². The van der Waals surface area contributed by atoms with Gasteiger partial charge in [-0.1, -0.05) is 0 Å². The summed E-state index contributed by atoms with van der Waals surface area (Å²) < 4.78 is 0. The van der Waals surface area contributed by atoms with Gasteiger partial charge in [0.1, 0.15) is 0 Å². The quantitative estimate of drug-likeness (QED) is 0.418. The van der Waals surface area contributed by atoms with Gasteiger partial charge in [0.05, 0.1) is 11.5 Å². The molecule has 2 heterocycles. The topological polar surface area (TPSA) is 113 Å². The molecule has 1 N–H and O–H groups in total. The maximum absolute atomic E-state index is 12.7. The highest BCUT2D eigenvalue weighted by Gasteiger charge is 2.24. The Kier molecular flexibility index (Phi) is 7.22. The number of halogens is 1. The molecule has 0 bridgehead atoms. The zero-order valence-corrected chi connectivity index (χ0v) is 18.1. The van der Waals surface area contributed by atoms with E-state index in [2.05, 4.69) is 5.32 Å². The summed E-state index contributed by atoms with van der Waals surface area (Å²) >= 11 is 0. The van der Waals surface area contributed by atoms with Gasteiger partial charge in [-0.05, 0) is 42.3 Å². The molecular weight excluding hydrogens is 436 g/mol. The molecule has 2 aromatic rings. The summed E-state index contributed by atoms with van der Waals surface area (Å²) in [7, 11) is 0. The van der Waals surface area contributed by atoms with Gasteiger partial charge in [-0.15, -0.1) is 12.4 Å². The van der Waals surface area contributed by atoms with E-state index >= 15 is 0 Å². The first kappa shape index (κ1) is 23.4. The third-order valence-corrected chi connectivity index (χ3v) is 5.67. The number of Topliss-reactive ketones (excluding diaryl/α,β-unsaturated/α-hetero) is 1. The zero-order valence-electron chi connectivity index (χ0n) is 17.3. The molecule has 0 spiro atoms. The molecule has 2 aliphatic heterocycles. The highest BCUT2D eigenvalue weighted by atomic mass is 35.5. The number of nitrogens with zero attached hydrogens (tertiary/aromatic N) is 3. The fourth-order valence-corrected chi connectivity index (χ4v) is 3.87. The molecular formula is C22H23ClN4O5. The van der Waals surface area contributed by atoms with Crippen molar-refractivity contribution in [2.24, 2.45) is 0 Å². The fourth-order valence-electron chi connectivity index (χ4n) is 3.87. The molecule has 168 valence electrons. The number of non-ortho nitro benzene ring substituents is 1. The van der Waals surface area contributed by atoms with E-state index in [-0.39, 0.29) is 42.2 Å². The average Bonchev–Trinajstić information content (AvgIpc) is 2.78. The molecule has 2 aliphatic rings. The van der Waals surface area contributed by atoms with Gasteiger partial charge < -0.3 is 10.2 Å². The number of anilines is 1. The molecule has 0 aromatic heterocycles. The van der Waals surface area contributed by atoms with Crippen LogP contribution in [0.3, 0.4) is 0 Å². The minimum Gasteiger partial charge on any atom is -0.336 e. The minimum atomic E-state index is -0.497. The highest BCUT2D eigenvalue weighted by molar-refractivity contribution is 6.00. The number of nitrogens with one attached hydrogen (secondary N) is 1. The van der Waals surface area contributed by atoms with Crippen LogP contribution in [0.5, 0.6) is 0 Å². The first-order valence-corrected chi connectivity index (χ1v) is 10.1. The fraction of sp³-hybridized carbons (Fsp3) is 0.318.